The van der Waals surface area contributed by atoms with Gasteiger partial charge in [0.05, 0.1) is 5.60 Å². The van der Waals surface area contributed by atoms with Gasteiger partial charge in [-0.05, 0) is 19.3 Å². The second kappa shape index (κ2) is 3.48. The maximum atomic E-state index is 11.9. The number of halogens is 2. The molecule has 0 atom stereocenters. The summed E-state index contributed by atoms with van der Waals surface area (Å²) in [6, 6.07) is 0. The molecule has 1 fully saturated rings. The van der Waals surface area contributed by atoms with E-state index >= 15 is 0 Å². The lowest BCUT2D eigenvalue weighted by atomic mass is 9.99. The number of alkyl halides is 2. The van der Waals surface area contributed by atoms with Gasteiger partial charge in [0, 0.05) is 0 Å². The third-order valence-electron chi connectivity index (χ3n) is 2.50. The molecule has 0 heterocycles. The molecular weight excluding hydrogens is 150 g/mol. The fourth-order valence-corrected chi connectivity index (χ4v) is 1.76. The maximum absolute atomic E-state index is 11.9. The molecule has 0 saturated heterocycles. The summed E-state index contributed by atoms with van der Waals surface area (Å²) < 4.78 is 28.4. The third kappa shape index (κ3) is 2.12. The number of hydrogen-bond acceptors (Lipinski definition) is 1. The van der Waals surface area contributed by atoms with E-state index in [4.69, 9.17) is 0 Å². The van der Waals surface area contributed by atoms with Gasteiger partial charge < -0.3 is 4.74 Å². The van der Waals surface area contributed by atoms with Gasteiger partial charge in [-0.1, -0.05) is 19.8 Å². The van der Waals surface area contributed by atoms with Crippen LogP contribution in [0.5, 0.6) is 0 Å². The van der Waals surface area contributed by atoms with E-state index in [-0.39, 0.29) is 0 Å². The van der Waals surface area contributed by atoms with Gasteiger partial charge >= 0.3 is 6.61 Å². The standard InChI is InChI=1S/C8H14F2O/c1-2-8(11-7(9)10)5-3-4-6-8/h7H,2-6H2,1H3. The molecule has 1 aliphatic rings. The van der Waals surface area contributed by atoms with E-state index in [0.717, 1.165) is 25.7 Å². The molecular formula is C8H14F2O. The summed E-state index contributed by atoms with van der Waals surface area (Å²) in [4.78, 5) is 0. The molecule has 11 heavy (non-hydrogen) atoms. The first-order valence-electron chi connectivity index (χ1n) is 4.14. The third-order valence-corrected chi connectivity index (χ3v) is 2.50. The smallest absolute Gasteiger partial charge is 0.316 e. The van der Waals surface area contributed by atoms with Gasteiger partial charge in [0.15, 0.2) is 0 Å². The Morgan fingerprint density at radius 1 is 1.36 bits per heavy atom. The van der Waals surface area contributed by atoms with Gasteiger partial charge in [-0.15, -0.1) is 0 Å². The molecule has 0 radical (unpaired) electrons. The second-order valence-electron chi connectivity index (χ2n) is 3.12. The SMILES string of the molecule is CCC1(OC(F)F)CCCC1. The van der Waals surface area contributed by atoms with E-state index in [1.165, 1.54) is 0 Å². The molecule has 1 nitrogen and oxygen atoms in total. The Labute approximate surface area is 65.7 Å². The first-order chi connectivity index (χ1) is 5.18. The molecule has 1 saturated carbocycles. The van der Waals surface area contributed by atoms with Crippen LogP contribution in [0, 0.1) is 0 Å². The lowest BCUT2D eigenvalue weighted by molar-refractivity contribution is -0.207. The van der Waals surface area contributed by atoms with Crippen molar-refractivity contribution in [1.29, 1.82) is 0 Å². The highest BCUT2D eigenvalue weighted by Gasteiger charge is 2.35. The lowest BCUT2D eigenvalue weighted by Crippen LogP contribution is -2.30. The molecule has 66 valence electrons. The van der Waals surface area contributed by atoms with Crippen molar-refractivity contribution in [2.75, 3.05) is 0 Å². The van der Waals surface area contributed by atoms with Gasteiger partial charge in [0.1, 0.15) is 0 Å². The quantitative estimate of drug-likeness (QED) is 0.623. The van der Waals surface area contributed by atoms with Crippen molar-refractivity contribution in [3.8, 4) is 0 Å². The summed E-state index contributed by atoms with van der Waals surface area (Å²) in [6.45, 7) is -0.693. The minimum atomic E-state index is -2.60. The van der Waals surface area contributed by atoms with E-state index in [2.05, 4.69) is 4.74 Å². The molecule has 0 bridgehead atoms. The number of ether oxygens (including phenoxy) is 1. The Kier molecular flexibility index (Phi) is 2.82. The van der Waals surface area contributed by atoms with Gasteiger partial charge in [-0.25, -0.2) is 0 Å². The highest BCUT2D eigenvalue weighted by atomic mass is 19.3. The van der Waals surface area contributed by atoms with E-state index in [1.807, 2.05) is 6.92 Å². The Morgan fingerprint density at radius 3 is 2.27 bits per heavy atom. The van der Waals surface area contributed by atoms with Crippen LogP contribution in [-0.4, -0.2) is 12.2 Å². The Balaban J connectivity index is 2.45. The number of hydrogen-bond donors (Lipinski definition) is 0. The van der Waals surface area contributed by atoms with Crippen LogP contribution < -0.4 is 0 Å². The van der Waals surface area contributed by atoms with Gasteiger partial charge in [-0.2, -0.15) is 8.78 Å². The van der Waals surface area contributed by atoms with Crippen LogP contribution in [0.4, 0.5) is 8.78 Å². The van der Waals surface area contributed by atoms with Crippen molar-refractivity contribution in [3.05, 3.63) is 0 Å². The lowest BCUT2D eigenvalue weighted by Gasteiger charge is -2.26. The first-order valence-corrected chi connectivity index (χ1v) is 4.14. The van der Waals surface area contributed by atoms with Crippen molar-refractivity contribution in [3.63, 3.8) is 0 Å². The predicted molar refractivity (Wildman–Crippen MR) is 38.6 cm³/mol. The molecule has 0 aromatic carbocycles. The monoisotopic (exact) mass is 164 g/mol. The number of rotatable bonds is 3. The molecule has 0 unspecified atom stereocenters. The summed E-state index contributed by atoms with van der Waals surface area (Å²) in [5, 5.41) is 0. The zero-order chi connectivity index (χ0) is 8.32. The Morgan fingerprint density at radius 2 is 1.91 bits per heavy atom. The Bertz CT molecular complexity index is 119. The molecule has 0 amide bonds. The molecule has 0 aromatic rings. The second-order valence-corrected chi connectivity index (χ2v) is 3.12. The van der Waals surface area contributed by atoms with E-state index in [1.54, 1.807) is 0 Å². The minimum Gasteiger partial charge on any atom is -0.316 e. The minimum absolute atomic E-state index is 0.492. The van der Waals surface area contributed by atoms with Crippen molar-refractivity contribution in [2.24, 2.45) is 0 Å². The van der Waals surface area contributed by atoms with Crippen molar-refractivity contribution < 1.29 is 13.5 Å². The largest absolute Gasteiger partial charge is 0.345 e. The van der Waals surface area contributed by atoms with Crippen LogP contribution in [0.3, 0.4) is 0 Å². The molecule has 3 heteroatoms. The molecule has 0 N–H and O–H groups in total. The van der Waals surface area contributed by atoms with Crippen LogP contribution >= 0.6 is 0 Å². The predicted octanol–water partition coefficient (Wildman–Crippen LogP) is 2.95. The molecule has 1 rings (SSSR count). The fourth-order valence-electron chi connectivity index (χ4n) is 1.76. The highest BCUT2D eigenvalue weighted by Crippen LogP contribution is 2.37. The van der Waals surface area contributed by atoms with E-state index in [0.29, 0.717) is 6.42 Å². The summed E-state index contributed by atoms with van der Waals surface area (Å²) in [7, 11) is 0. The summed E-state index contributed by atoms with van der Waals surface area (Å²) in [5.41, 5.74) is -0.492. The van der Waals surface area contributed by atoms with Crippen LogP contribution in [0.15, 0.2) is 0 Å². The molecule has 0 aromatic heterocycles. The molecule has 0 aliphatic heterocycles. The van der Waals surface area contributed by atoms with Crippen molar-refractivity contribution in [1.82, 2.24) is 0 Å². The fraction of sp³-hybridized carbons (Fsp3) is 1.00. The van der Waals surface area contributed by atoms with Gasteiger partial charge in [0.2, 0.25) is 0 Å². The average molecular weight is 164 g/mol. The van der Waals surface area contributed by atoms with E-state index < -0.39 is 12.2 Å². The van der Waals surface area contributed by atoms with Crippen LogP contribution in [0.1, 0.15) is 39.0 Å². The van der Waals surface area contributed by atoms with Gasteiger partial charge in [0.25, 0.3) is 0 Å². The topological polar surface area (TPSA) is 9.23 Å². The van der Waals surface area contributed by atoms with E-state index in [9.17, 15) is 8.78 Å². The van der Waals surface area contributed by atoms with Crippen LogP contribution in [-0.2, 0) is 4.74 Å². The molecule has 1 aliphatic carbocycles. The van der Waals surface area contributed by atoms with Crippen molar-refractivity contribution >= 4 is 0 Å². The average Bonchev–Trinajstić information content (AvgIpc) is 2.36. The van der Waals surface area contributed by atoms with Crippen molar-refractivity contribution in [2.45, 2.75) is 51.2 Å². The highest BCUT2D eigenvalue weighted by molar-refractivity contribution is 4.84. The Hall–Kier alpha value is -0.180. The molecule has 0 spiro atoms. The van der Waals surface area contributed by atoms with Crippen LogP contribution in [0.25, 0.3) is 0 Å². The summed E-state index contributed by atoms with van der Waals surface area (Å²) in [5.74, 6) is 0. The maximum Gasteiger partial charge on any atom is 0.345 e. The summed E-state index contributed by atoms with van der Waals surface area (Å²) >= 11 is 0. The summed E-state index contributed by atoms with van der Waals surface area (Å²) in [6.07, 6.45) is 4.36. The van der Waals surface area contributed by atoms with Gasteiger partial charge in [-0.3, -0.25) is 0 Å². The zero-order valence-electron chi connectivity index (χ0n) is 6.78. The normalized spacial score (nSPS) is 22.9. The first kappa shape index (κ1) is 8.91. The zero-order valence-corrected chi connectivity index (χ0v) is 6.78. The van der Waals surface area contributed by atoms with Crippen LogP contribution in [0.2, 0.25) is 0 Å².